The third kappa shape index (κ3) is 1.98. The van der Waals surface area contributed by atoms with E-state index in [1.165, 1.54) is 7.11 Å². The molecule has 0 aliphatic carbocycles. The molecule has 6 heteroatoms. The molecule has 1 unspecified atom stereocenters. The zero-order valence-corrected chi connectivity index (χ0v) is 7.33. The first-order valence-electron chi connectivity index (χ1n) is 4.04. The summed E-state index contributed by atoms with van der Waals surface area (Å²) in [6, 6.07) is 0. The molecule has 0 amide bonds. The Bertz CT molecular complexity index is 147. The first-order valence-corrected chi connectivity index (χ1v) is 4.04. The van der Waals surface area contributed by atoms with Crippen molar-refractivity contribution in [3.8, 4) is 0 Å². The second-order valence-corrected chi connectivity index (χ2v) is 2.99. The average molecular weight is 193 g/mol. The minimum absolute atomic E-state index is 0.0603. The molecule has 1 heterocycles. The average Bonchev–Trinajstić information content (AvgIpc) is 2.15. The maximum Gasteiger partial charge on any atom is 0.186 e. The van der Waals surface area contributed by atoms with Crippen LogP contribution in [0.4, 0.5) is 0 Å². The molecule has 0 saturated carbocycles. The summed E-state index contributed by atoms with van der Waals surface area (Å²) in [6.45, 7) is 0.0603. The molecule has 1 aliphatic rings. The second kappa shape index (κ2) is 4.32. The molecule has 1 rings (SSSR count). The van der Waals surface area contributed by atoms with E-state index in [4.69, 9.17) is 15.2 Å². The Hall–Kier alpha value is -0.240. The molecule has 0 aromatic carbocycles. The zero-order valence-electron chi connectivity index (χ0n) is 7.33. The summed E-state index contributed by atoms with van der Waals surface area (Å²) in [5, 5.41) is 28.0. The minimum Gasteiger partial charge on any atom is -0.388 e. The summed E-state index contributed by atoms with van der Waals surface area (Å²) in [5.74, 6) is 0. The van der Waals surface area contributed by atoms with E-state index < -0.39 is 30.7 Å². The number of aliphatic hydroxyl groups is 3. The SMILES string of the molecule is COC1O[C@H](CN)[C@H](O)[C@H](O)[C@H]1O. The Balaban J connectivity index is 2.66. The van der Waals surface area contributed by atoms with Crippen molar-refractivity contribution < 1.29 is 24.8 Å². The van der Waals surface area contributed by atoms with Gasteiger partial charge in [-0.1, -0.05) is 0 Å². The van der Waals surface area contributed by atoms with Crippen molar-refractivity contribution in [2.75, 3.05) is 13.7 Å². The van der Waals surface area contributed by atoms with Gasteiger partial charge >= 0.3 is 0 Å². The summed E-state index contributed by atoms with van der Waals surface area (Å²) >= 11 is 0. The smallest absolute Gasteiger partial charge is 0.186 e. The summed E-state index contributed by atoms with van der Waals surface area (Å²) in [5.41, 5.74) is 5.28. The van der Waals surface area contributed by atoms with Gasteiger partial charge in [0.25, 0.3) is 0 Å². The molecular weight excluding hydrogens is 178 g/mol. The van der Waals surface area contributed by atoms with Gasteiger partial charge in [-0.25, -0.2) is 0 Å². The molecule has 13 heavy (non-hydrogen) atoms. The lowest BCUT2D eigenvalue weighted by Crippen LogP contribution is -2.59. The first kappa shape index (κ1) is 10.8. The third-order valence-electron chi connectivity index (χ3n) is 2.13. The second-order valence-electron chi connectivity index (χ2n) is 2.99. The highest BCUT2D eigenvalue weighted by atomic mass is 16.7. The van der Waals surface area contributed by atoms with Gasteiger partial charge in [-0.15, -0.1) is 0 Å². The fourth-order valence-electron chi connectivity index (χ4n) is 1.31. The number of rotatable bonds is 2. The van der Waals surface area contributed by atoms with Crippen LogP contribution in [-0.2, 0) is 9.47 Å². The van der Waals surface area contributed by atoms with E-state index in [1.54, 1.807) is 0 Å². The van der Waals surface area contributed by atoms with E-state index in [0.29, 0.717) is 0 Å². The molecule has 1 fully saturated rings. The van der Waals surface area contributed by atoms with Crippen LogP contribution in [0.2, 0.25) is 0 Å². The first-order chi connectivity index (χ1) is 6.11. The highest BCUT2D eigenvalue weighted by molar-refractivity contribution is 4.89. The minimum atomic E-state index is -1.28. The number of ether oxygens (including phenoxy) is 2. The molecule has 0 radical (unpaired) electrons. The summed E-state index contributed by atoms with van der Waals surface area (Å²) in [7, 11) is 1.34. The van der Waals surface area contributed by atoms with Crippen LogP contribution < -0.4 is 5.73 Å². The highest BCUT2D eigenvalue weighted by Gasteiger charge is 2.43. The summed E-state index contributed by atoms with van der Waals surface area (Å²) in [6.07, 6.45) is -5.35. The molecule has 6 nitrogen and oxygen atoms in total. The lowest BCUT2D eigenvalue weighted by atomic mass is 9.99. The maximum atomic E-state index is 9.35. The Morgan fingerprint density at radius 3 is 2.31 bits per heavy atom. The molecule has 0 spiro atoms. The summed E-state index contributed by atoms with van der Waals surface area (Å²) in [4.78, 5) is 0. The monoisotopic (exact) mass is 193 g/mol. The molecule has 0 aromatic rings. The fourth-order valence-corrected chi connectivity index (χ4v) is 1.31. The Kier molecular flexibility index (Phi) is 3.60. The van der Waals surface area contributed by atoms with Gasteiger partial charge in [-0.3, -0.25) is 0 Å². The molecule has 5 atom stereocenters. The van der Waals surface area contributed by atoms with E-state index in [0.717, 1.165) is 0 Å². The molecule has 78 valence electrons. The van der Waals surface area contributed by atoms with E-state index >= 15 is 0 Å². The van der Waals surface area contributed by atoms with E-state index in [9.17, 15) is 15.3 Å². The standard InChI is InChI=1S/C7H15NO5/c1-12-7-6(11)5(10)4(9)3(2-8)13-7/h3-7,9-11H,2,8H2,1H3/t3-,4+,5+,6-,7?/m1/s1. The van der Waals surface area contributed by atoms with Gasteiger partial charge in [0.1, 0.15) is 24.4 Å². The van der Waals surface area contributed by atoms with Crippen molar-refractivity contribution >= 4 is 0 Å². The van der Waals surface area contributed by atoms with Crippen LogP contribution in [0.15, 0.2) is 0 Å². The molecule has 1 saturated heterocycles. The van der Waals surface area contributed by atoms with Gasteiger partial charge in [0.05, 0.1) is 0 Å². The number of methoxy groups -OCH3 is 1. The van der Waals surface area contributed by atoms with Gasteiger partial charge in [0, 0.05) is 13.7 Å². The van der Waals surface area contributed by atoms with Crippen LogP contribution in [0.3, 0.4) is 0 Å². The normalized spacial score (nSPS) is 46.4. The summed E-state index contributed by atoms with van der Waals surface area (Å²) < 4.78 is 9.83. The van der Waals surface area contributed by atoms with Crippen molar-refractivity contribution in [3.63, 3.8) is 0 Å². The van der Waals surface area contributed by atoms with E-state index in [2.05, 4.69) is 0 Å². The number of hydrogen-bond acceptors (Lipinski definition) is 6. The van der Waals surface area contributed by atoms with Crippen molar-refractivity contribution in [1.29, 1.82) is 0 Å². The van der Waals surface area contributed by atoms with Gasteiger partial charge in [-0.2, -0.15) is 0 Å². The van der Waals surface area contributed by atoms with Crippen LogP contribution in [0.1, 0.15) is 0 Å². The molecule has 0 bridgehead atoms. The van der Waals surface area contributed by atoms with Crippen LogP contribution in [-0.4, -0.2) is 59.7 Å². The predicted octanol–water partition coefficient (Wildman–Crippen LogP) is -2.60. The Morgan fingerprint density at radius 1 is 1.23 bits per heavy atom. The predicted molar refractivity (Wildman–Crippen MR) is 42.7 cm³/mol. The van der Waals surface area contributed by atoms with Crippen molar-refractivity contribution in [3.05, 3.63) is 0 Å². The van der Waals surface area contributed by atoms with Crippen molar-refractivity contribution in [1.82, 2.24) is 0 Å². The van der Waals surface area contributed by atoms with E-state index in [1.807, 2.05) is 0 Å². The van der Waals surface area contributed by atoms with Crippen molar-refractivity contribution in [2.24, 2.45) is 5.73 Å². The fraction of sp³-hybridized carbons (Fsp3) is 1.00. The van der Waals surface area contributed by atoms with Gasteiger partial charge in [-0.05, 0) is 0 Å². The Morgan fingerprint density at radius 2 is 1.85 bits per heavy atom. The number of aliphatic hydroxyl groups excluding tert-OH is 3. The molecule has 1 aliphatic heterocycles. The van der Waals surface area contributed by atoms with Crippen molar-refractivity contribution in [2.45, 2.75) is 30.7 Å². The van der Waals surface area contributed by atoms with Crippen LogP contribution in [0.25, 0.3) is 0 Å². The van der Waals surface area contributed by atoms with Gasteiger partial charge in [0.2, 0.25) is 0 Å². The van der Waals surface area contributed by atoms with E-state index in [-0.39, 0.29) is 6.54 Å². The zero-order chi connectivity index (χ0) is 10.0. The van der Waals surface area contributed by atoms with Gasteiger partial charge < -0.3 is 30.5 Å². The lowest BCUT2D eigenvalue weighted by molar-refractivity contribution is -0.287. The van der Waals surface area contributed by atoms with Crippen LogP contribution >= 0.6 is 0 Å². The molecule has 5 N–H and O–H groups in total. The Labute approximate surface area is 75.9 Å². The topological polar surface area (TPSA) is 105 Å². The third-order valence-corrected chi connectivity index (χ3v) is 2.13. The molecular formula is C7H15NO5. The number of nitrogens with two attached hydrogens (primary N) is 1. The largest absolute Gasteiger partial charge is 0.388 e. The number of hydrogen-bond donors (Lipinski definition) is 4. The highest BCUT2D eigenvalue weighted by Crippen LogP contribution is 2.20. The van der Waals surface area contributed by atoms with Crippen LogP contribution in [0, 0.1) is 0 Å². The quantitative estimate of drug-likeness (QED) is 0.383. The molecule has 0 aromatic heterocycles. The maximum absolute atomic E-state index is 9.35. The van der Waals surface area contributed by atoms with Gasteiger partial charge in [0.15, 0.2) is 6.29 Å². The van der Waals surface area contributed by atoms with Crippen LogP contribution in [0.5, 0.6) is 0 Å². The lowest BCUT2D eigenvalue weighted by Gasteiger charge is -2.39.